The van der Waals surface area contributed by atoms with Crippen LogP contribution in [-0.2, 0) is 19.9 Å². The van der Waals surface area contributed by atoms with E-state index in [0.717, 1.165) is 53.9 Å². The Morgan fingerprint density at radius 1 is 1.44 bits per heavy atom. The molecule has 3 rings (SSSR count). The van der Waals surface area contributed by atoms with Crippen molar-refractivity contribution < 1.29 is 5.11 Å². The average molecular weight is 269 g/mol. The summed E-state index contributed by atoms with van der Waals surface area (Å²) in [5.74, 6) is 1.74. The minimum atomic E-state index is 0.0655. The highest BCUT2D eigenvalue weighted by atomic mass is 35.5. The summed E-state index contributed by atoms with van der Waals surface area (Å²) in [6, 6.07) is 0. The first kappa shape index (κ1) is 12.5. The summed E-state index contributed by atoms with van der Waals surface area (Å²) in [6.07, 6.45) is 5.44. The number of fused-ring (bicyclic) bond motifs is 1. The van der Waals surface area contributed by atoms with Crippen LogP contribution in [-0.4, -0.2) is 21.5 Å². The summed E-state index contributed by atoms with van der Waals surface area (Å²) < 4.78 is 1.91. The van der Waals surface area contributed by atoms with E-state index in [1.54, 1.807) is 0 Å². The second-order valence-electron chi connectivity index (χ2n) is 6.18. The molecule has 0 spiro atoms. The lowest BCUT2D eigenvalue weighted by Crippen LogP contribution is -2.27. The molecule has 0 radical (unpaired) electrons. The van der Waals surface area contributed by atoms with Gasteiger partial charge in [0.15, 0.2) is 0 Å². The quantitative estimate of drug-likeness (QED) is 0.912. The number of halogens is 1. The van der Waals surface area contributed by atoms with Crippen LogP contribution in [0.1, 0.15) is 37.6 Å². The molecule has 2 aliphatic carbocycles. The highest BCUT2D eigenvalue weighted by molar-refractivity contribution is 6.31. The topological polar surface area (TPSA) is 38.0 Å². The van der Waals surface area contributed by atoms with Gasteiger partial charge in [-0.05, 0) is 49.4 Å². The lowest BCUT2D eigenvalue weighted by Gasteiger charge is -2.28. The van der Waals surface area contributed by atoms with Crippen LogP contribution >= 0.6 is 11.6 Å². The molecule has 1 N–H and O–H groups in total. The van der Waals surface area contributed by atoms with Crippen LogP contribution in [0.25, 0.3) is 0 Å². The number of aromatic nitrogens is 2. The second-order valence-corrected chi connectivity index (χ2v) is 6.56. The van der Waals surface area contributed by atoms with Crippen LogP contribution in [0, 0.1) is 17.3 Å². The van der Waals surface area contributed by atoms with Crippen molar-refractivity contribution in [2.45, 2.75) is 39.0 Å². The first-order valence-corrected chi connectivity index (χ1v) is 7.27. The van der Waals surface area contributed by atoms with Crippen LogP contribution < -0.4 is 0 Å². The normalized spacial score (nSPS) is 33.8. The molecule has 0 aromatic carbocycles. The molecule has 2 fully saturated rings. The van der Waals surface area contributed by atoms with Gasteiger partial charge in [-0.2, -0.15) is 5.10 Å². The maximum absolute atomic E-state index is 9.79. The van der Waals surface area contributed by atoms with E-state index in [1.807, 2.05) is 11.7 Å². The van der Waals surface area contributed by atoms with E-state index < -0.39 is 0 Å². The second kappa shape index (κ2) is 4.24. The van der Waals surface area contributed by atoms with Crippen molar-refractivity contribution in [3.05, 3.63) is 16.4 Å². The monoisotopic (exact) mass is 268 g/mol. The molecule has 100 valence electrons. The van der Waals surface area contributed by atoms with Gasteiger partial charge in [0.2, 0.25) is 0 Å². The summed E-state index contributed by atoms with van der Waals surface area (Å²) in [7, 11) is 1.96. The predicted octanol–water partition coefficient (Wildman–Crippen LogP) is 2.59. The Hall–Kier alpha value is -0.540. The molecule has 1 heterocycles. The molecule has 18 heavy (non-hydrogen) atoms. The molecule has 2 aliphatic rings. The van der Waals surface area contributed by atoms with Crippen molar-refractivity contribution in [3.63, 3.8) is 0 Å². The van der Waals surface area contributed by atoms with Crippen molar-refractivity contribution in [2.24, 2.45) is 24.3 Å². The van der Waals surface area contributed by atoms with E-state index in [9.17, 15) is 5.11 Å². The van der Waals surface area contributed by atoms with Gasteiger partial charge in [-0.25, -0.2) is 0 Å². The Kier molecular flexibility index (Phi) is 2.94. The van der Waals surface area contributed by atoms with Crippen LogP contribution in [0.15, 0.2) is 0 Å². The zero-order chi connectivity index (χ0) is 12.9. The van der Waals surface area contributed by atoms with E-state index in [2.05, 4.69) is 12.0 Å². The van der Waals surface area contributed by atoms with Crippen molar-refractivity contribution >= 4 is 11.6 Å². The first-order valence-electron chi connectivity index (χ1n) is 6.89. The molecule has 0 saturated heterocycles. The lowest BCUT2D eigenvalue weighted by atomic mass is 9.79. The number of aliphatic hydroxyl groups is 1. The molecule has 1 aromatic heterocycles. The van der Waals surface area contributed by atoms with Crippen molar-refractivity contribution in [1.82, 2.24) is 9.78 Å². The summed E-state index contributed by atoms with van der Waals surface area (Å²) in [6.45, 7) is 2.35. The predicted molar refractivity (Wildman–Crippen MR) is 71.6 cm³/mol. The Bertz CT molecular complexity index is 459. The molecule has 4 heteroatoms. The number of nitrogens with zero attached hydrogens (tertiary/aromatic N) is 2. The molecular formula is C14H21ClN2O. The summed E-state index contributed by atoms with van der Waals surface area (Å²) >= 11 is 6.41. The van der Waals surface area contributed by atoms with Gasteiger partial charge in [-0.3, -0.25) is 4.68 Å². The van der Waals surface area contributed by atoms with Gasteiger partial charge in [0.1, 0.15) is 0 Å². The molecule has 3 nitrogen and oxygen atoms in total. The van der Waals surface area contributed by atoms with E-state index in [1.165, 1.54) is 6.42 Å². The Labute approximate surface area is 113 Å². The van der Waals surface area contributed by atoms with E-state index in [4.69, 9.17) is 11.6 Å². The van der Waals surface area contributed by atoms with Crippen LogP contribution in [0.5, 0.6) is 0 Å². The van der Waals surface area contributed by atoms with Gasteiger partial charge >= 0.3 is 0 Å². The summed E-state index contributed by atoms with van der Waals surface area (Å²) in [5, 5.41) is 15.1. The number of aryl methyl sites for hydroxylation is 2. The third-order valence-corrected chi connectivity index (χ3v) is 5.28. The molecule has 0 aliphatic heterocycles. The van der Waals surface area contributed by atoms with Crippen LogP contribution in [0.4, 0.5) is 0 Å². The molecule has 2 unspecified atom stereocenters. The lowest BCUT2D eigenvalue weighted by molar-refractivity contribution is 0.115. The fraction of sp³-hybridized carbons (Fsp3) is 0.786. The minimum absolute atomic E-state index is 0.0655. The van der Waals surface area contributed by atoms with Crippen molar-refractivity contribution in [3.8, 4) is 0 Å². The zero-order valence-electron chi connectivity index (χ0n) is 11.1. The number of rotatable bonds is 4. The fourth-order valence-corrected chi connectivity index (χ4v) is 4.06. The first-order chi connectivity index (χ1) is 8.58. The van der Waals surface area contributed by atoms with E-state index in [0.29, 0.717) is 0 Å². The maximum atomic E-state index is 9.79. The summed E-state index contributed by atoms with van der Waals surface area (Å²) in [4.78, 5) is 0. The van der Waals surface area contributed by atoms with Gasteiger partial charge in [0.25, 0.3) is 0 Å². The third-order valence-electron chi connectivity index (χ3n) is 4.84. The molecular weight excluding hydrogens is 248 g/mol. The SMILES string of the molecule is CCc1nn(C)c(CC2(CO)CC3CC3C2)c1Cl. The standard InChI is InChI=1S/C14H21ClN2O/c1-3-11-13(15)12(17(2)16-11)7-14(8-18)5-9-4-10(9)6-14/h9-10,18H,3-8H2,1-2H3. The van der Waals surface area contributed by atoms with Gasteiger partial charge < -0.3 is 5.11 Å². The van der Waals surface area contributed by atoms with E-state index >= 15 is 0 Å². The number of hydrogen-bond acceptors (Lipinski definition) is 2. The fourth-order valence-electron chi connectivity index (χ4n) is 3.70. The molecule has 2 atom stereocenters. The average Bonchev–Trinajstić information content (AvgIpc) is 2.90. The van der Waals surface area contributed by atoms with E-state index in [-0.39, 0.29) is 12.0 Å². The van der Waals surface area contributed by atoms with Gasteiger partial charge in [-0.15, -0.1) is 0 Å². The van der Waals surface area contributed by atoms with Crippen LogP contribution in [0.3, 0.4) is 0 Å². The third kappa shape index (κ3) is 1.88. The van der Waals surface area contributed by atoms with Gasteiger partial charge in [0, 0.05) is 13.7 Å². The summed E-state index contributed by atoms with van der Waals surface area (Å²) in [5.41, 5.74) is 2.14. The number of hydrogen-bond donors (Lipinski definition) is 1. The highest BCUT2D eigenvalue weighted by Crippen LogP contribution is 2.60. The zero-order valence-corrected chi connectivity index (χ0v) is 11.9. The van der Waals surface area contributed by atoms with Crippen LogP contribution in [0.2, 0.25) is 5.02 Å². The highest BCUT2D eigenvalue weighted by Gasteiger charge is 2.53. The van der Waals surface area contributed by atoms with Gasteiger partial charge in [-0.1, -0.05) is 18.5 Å². The molecule has 0 amide bonds. The Morgan fingerprint density at radius 3 is 2.61 bits per heavy atom. The number of aliphatic hydroxyl groups excluding tert-OH is 1. The van der Waals surface area contributed by atoms with Crippen molar-refractivity contribution in [1.29, 1.82) is 0 Å². The minimum Gasteiger partial charge on any atom is -0.396 e. The van der Waals surface area contributed by atoms with Crippen molar-refractivity contribution in [2.75, 3.05) is 6.61 Å². The maximum Gasteiger partial charge on any atom is 0.0849 e. The molecule has 2 saturated carbocycles. The smallest absolute Gasteiger partial charge is 0.0849 e. The Morgan fingerprint density at radius 2 is 2.11 bits per heavy atom. The largest absolute Gasteiger partial charge is 0.396 e. The molecule has 0 bridgehead atoms. The van der Waals surface area contributed by atoms with Gasteiger partial charge in [0.05, 0.1) is 16.4 Å². The molecule has 1 aromatic rings. The Balaban J connectivity index is 1.85.